The molecule has 0 bridgehead atoms. The predicted octanol–water partition coefficient (Wildman–Crippen LogP) is 2.83. The molecule has 1 aromatic rings. The van der Waals surface area contributed by atoms with E-state index in [2.05, 4.69) is 10.3 Å². The molecule has 2 rings (SSSR count). The number of hydrogen-bond acceptors (Lipinski definition) is 3. The molecule has 82 valence electrons. The first-order valence-electron chi connectivity index (χ1n) is 5.64. The van der Waals surface area contributed by atoms with Crippen LogP contribution in [-0.4, -0.2) is 17.1 Å². The molecular weight excluding hydrogens is 188 g/mol. The standard InChI is InChI=1S/C12H18N2O/c1-9(2)15-12-11(7-4-8-13-12)14-10-5-3-6-10/h4,7-10,14H,3,5-6H2,1-2H3. The molecular formula is C12H18N2O. The van der Waals surface area contributed by atoms with Crippen molar-refractivity contribution in [2.24, 2.45) is 0 Å². The molecule has 0 aromatic carbocycles. The monoisotopic (exact) mass is 206 g/mol. The van der Waals surface area contributed by atoms with Crippen LogP contribution in [0.15, 0.2) is 18.3 Å². The number of nitrogens with zero attached hydrogens (tertiary/aromatic N) is 1. The van der Waals surface area contributed by atoms with Crippen molar-refractivity contribution < 1.29 is 4.74 Å². The van der Waals surface area contributed by atoms with Gasteiger partial charge in [0.05, 0.1) is 11.8 Å². The van der Waals surface area contributed by atoms with Gasteiger partial charge in [0.1, 0.15) is 0 Å². The Hall–Kier alpha value is -1.25. The maximum absolute atomic E-state index is 5.64. The fourth-order valence-corrected chi connectivity index (χ4v) is 1.59. The average Bonchev–Trinajstić information content (AvgIpc) is 2.13. The van der Waals surface area contributed by atoms with Gasteiger partial charge in [-0.3, -0.25) is 0 Å². The Kier molecular flexibility index (Phi) is 3.09. The van der Waals surface area contributed by atoms with E-state index in [9.17, 15) is 0 Å². The lowest BCUT2D eigenvalue weighted by atomic mass is 9.93. The molecule has 1 N–H and O–H groups in total. The minimum absolute atomic E-state index is 0.168. The largest absolute Gasteiger partial charge is 0.473 e. The van der Waals surface area contributed by atoms with Crippen LogP contribution in [0.3, 0.4) is 0 Å². The van der Waals surface area contributed by atoms with Gasteiger partial charge in [0, 0.05) is 12.2 Å². The number of aromatic nitrogens is 1. The molecule has 0 aliphatic heterocycles. The summed E-state index contributed by atoms with van der Waals surface area (Å²) in [7, 11) is 0. The van der Waals surface area contributed by atoms with E-state index in [1.807, 2.05) is 26.0 Å². The molecule has 0 unspecified atom stereocenters. The summed E-state index contributed by atoms with van der Waals surface area (Å²) in [5.41, 5.74) is 1.02. The molecule has 1 fully saturated rings. The SMILES string of the molecule is CC(C)Oc1ncccc1NC1CCC1. The van der Waals surface area contributed by atoms with Crippen LogP contribution in [0.25, 0.3) is 0 Å². The van der Waals surface area contributed by atoms with E-state index in [0.717, 1.165) is 11.6 Å². The molecule has 1 aliphatic rings. The Bertz CT molecular complexity index is 321. The van der Waals surface area contributed by atoms with E-state index in [1.165, 1.54) is 19.3 Å². The van der Waals surface area contributed by atoms with E-state index in [1.54, 1.807) is 6.20 Å². The number of hydrogen-bond donors (Lipinski definition) is 1. The summed E-state index contributed by atoms with van der Waals surface area (Å²) in [6, 6.07) is 4.58. The maximum Gasteiger partial charge on any atom is 0.237 e. The highest BCUT2D eigenvalue weighted by molar-refractivity contribution is 5.53. The first-order chi connectivity index (χ1) is 7.25. The van der Waals surface area contributed by atoms with Crippen molar-refractivity contribution in [2.75, 3.05) is 5.32 Å². The summed E-state index contributed by atoms with van der Waals surface area (Å²) in [4.78, 5) is 4.25. The second-order valence-corrected chi connectivity index (χ2v) is 4.29. The molecule has 3 heteroatoms. The molecule has 1 aliphatic carbocycles. The van der Waals surface area contributed by atoms with Gasteiger partial charge in [0.25, 0.3) is 0 Å². The molecule has 1 heterocycles. The zero-order chi connectivity index (χ0) is 10.7. The Morgan fingerprint density at radius 3 is 2.87 bits per heavy atom. The van der Waals surface area contributed by atoms with Crippen LogP contribution in [0.1, 0.15) is 33.1 Å². The van der Waals surface area contributed by atoms with E-state index < -0.39 is 0 Å². The average molecular weight is 206 g/mol. The Morgan fingerprint density at radius 1 is 1.47 bits per heavy atom. The normalized spacial score (nSPS) is 16.2. The van der Waals surface area contributed by atoms with Crippen molar-refractivity contribution in [1.29, 1.82) is 0 Å². The van der Waals surface area contributed by atoms with Crippen molar-refractivity contribution in [1.82, 2.24) is 4.98 Å². The van der Waals surface area contributed by atoms with E-state index in [0.29, 0.717) is 6.04 Å². The van der Waals surface area contributed by atoms with Crippen LogP contribution in [0.2, 0.25) is 0 Å². The predicted molar refractivity (Wildman–Crippen MR) is 61.3 cm³/mol. The van der Waals surface area contributed by atoms with Crippen LogP contribution in [0.4, 0.5) is 5.69 Å². The second-order valence-electron chi connectivity index (χ2n) is 4.29. The second kappa shape index (κ2) is 4.51. The van der Waals surface area contributed by atoms with Crippen molar-refractivity contribution in [2.45, 2.75) is 45.3 Å². The van der Waals surface area contributed by atoms with Crippen LogP contribution in [-0.2, 0) is 0 Å². The molecule has 0 saturated heterocycles. The first-order valence-corrected chi connectivity index (χ1v) is 5.64. The summed E-state index contributed by atoms with van der Waals surface area (Å²) in [5, 5.41) is 3.46. The molecule has 1 saturated carbocycles. The number of ether oxygens (including phenoxy) is 1. The topological polar surface area (TPSA) is 34.1 Å². The van der Waals surface area contributed by atoms with Crippen molar-refractivity contribution in [3.63, 3.8) is 0 Å². The fraction of sp³-hybridized carbons (Fsp3) is 0.583. The zero-order valence-corrected chi connectivity index (χ0v) is 9.36. The van der Waals surface area contributed by atoms with Gasteiger partial charge in [-0.15, -0.1) is 0 Å². The van der Waals surface area contributed by atoms with Gasteiger partial charge in [-0.05, 0) is 45.2 Å². The molecule has 0 spiro atoms. The summed E-state index contributed by atoms with van der Waals surface area (Å²) < 4.78 is 5.64. The lowest BCUT2D eigenvalue weighted by Gasteiger charge is -2.28. The number of anilines is 1. The van der Waals surface area contributed by atoms with Gasteiger partial charge in [-0.25, -0.2) is 4.98 Å². The number of rotatable bonds is 4. The summed E-state index contributed by atoms with van der Waals surface area (Å²) >= 11 is 0. The fourth-order valence-electron chi connectivity index (χ4n) is 1.59. The lowest BCUT2D eigenvalue weighted by molar-refractivity contribution is 0.233. The third-order valence-corrected chi connectivity index (χ3v) is 2.58. The maximum atomic E-state index is 5.64. The smallest absolute Gasteiger partial charge is 0.237 e. The van der Waals surface area contributed by atoms with E-state index >= 15 is 0 Å². The highest BCUT2D eigenvalue weighted by atomic mass is 16.5. The molecule has 0 radical (unpaired) electrons. The quantitative estimate of drug-likeness (QED) is 0.822. The number of nitrogens with one attached hydrogen (secondary N) is 1. The Labute approximate surface area is 90.9 Å². The number of pyridine rings is 1. The Morgan fingerprint density at radius 2 is 2.27 bits per heavy atom. The first kappa shape index (κ1) is 10.3. The van der Waals surface area contributed by atoms with E-state index in [-0.39, 0.29) is 6.10 Å². The van der Waals surface area contributed by atoms with Crippen LogP contribution in [0, 0.1) is 0 Å². The van der Waals surface area contributed by atoms with Gasteiger partial charge < -0.3 is 10.1 Å². The molecule has 3 nitrogen and oxygen atoms in total. The summed E-state index contributed by atoms with van der Waals surface area (Å²) in [6.45, 7) is 4.03. The van der Waals surface area contributed by atoms with E-state index in [4.69, 9.17) is 4.74 Å². The molecule has 0 amide bonds. The zero-order valence-electron chi connectivity index (χ0n) is 9.36. The lowest BCUT2D eigenvalue weighted by Crippen LogP contribution is -2.27. The van der Waals surface area contributed by atoms with Gasteiger partial charge in [-0.1, -0.05) is 0 Å². The van der Waals surface area contributed by atoms with Crippen LogP contribution in [0.5, 0.6) is 5.88 Å². The minimum atomic E-state index is 0.168. The summed E-state index contributed by atoms with van der Waals surface area (Å²) in [6.07, 6.45) is 5.79. The van der Waals surface area contributed by atoms with Gasteiger partial charge in [0.15, 0.2) is 0 Å². The molecule has 0 atom stereocenters. The van der Waals surface area contributed by atoms with Crippen molar-refractivity contribution in [3.8, 4) is 5.88 Å². The highest BCUT2D eigenvalue weighted by Crippen LogP contribution is 2.28. The van der Waals surface area contributed by atoms with Crippen molar-refractivity contribution in [3.05, 3.63) is 18.3 Å². The van der Waals surface area contributed by atoms with Gasteiger partial charge in [-0.2, -0.15) is 0 Å². The minimum Gasteiger partial charge on any atom is -0.473 e. The third-order valence-electron chi connectivity index (χ3n) is 2.58. The van der Waals surface area contributed by atoms with Crippen LogP contribution < -0.4 is 10.1 Å². The van der Waals surface area contributed by atoms with Gasteiger partial charge in [0.2, 0.25) is 5.88 Å². The third kappa shape index (κ3) is 2.61. The van der Waals surface area contributed by atoms with Crippen LogP contribution >= 0.6 is 0 Å². The molecule has 15 heavy (non-hydrogen) atoms. The van der Waals surface area contributed by atoms with Crippen molar-refractivity contribution >= 4 is 5.69 Å². The summed E-state index contributed by atoms with van der Waals surface area (Å²) in [5.74, 6) is 0.722. The van der Waals surface area contributed by atoms with Gasteiger partial charge >= 0.3 is 0 Å². The Balaban J connectivity index is 2.06. The highest BCUT2D eigenvalue weighted by Gasteiger charge is 2.18. The molecule has 1 aromatic heterocycles.